The second kappa shape index (κ2) is 10.7. The molecule has 8 nitrogen and oxygen atoms in total. The fraction of sp³-hybridized carbons (Fsp3) is 0.364. The van der Waals surface area contributed by atoms with Crippen molar-refractivity contribution in [3.8, 4) is 0 Å². The Bertz CT molecular complexity index is 1070. The number of rotatable bonds is 9. The zero-order valence-corrected chi connectivity index (χ0v) is 18.5. The first-order valence-corrected chi connectivity index (χ1v) is 12.1. The number of halogens is 1. The summed E-state index contributed by atoms with van der Waals surface area (Å²) in [6, 6.07) is 12.2. The van der Waals surface area contributed by atoms with E-state index in [1.54, 1.807) is 30.3 Å². The van der Waals surface area contributed by atoms with E-state index in [-0.39, 0.29) is 35.4 Å². The van der Waals surface area contributed by atoms with Crippen LogP contribution >= 0.6 is 0 Å². The van der Waals surface area contributed by atoms with Gasteiger partial charge in [0.2, 0.25) is 15.9 Å². The van der Waals surface area contributed by atoms with Gasteiger partial charge in [-0.05, 0) is 31.0 Å². The van der Waals surface area contributed by atoms with E-state index in [2.05, 4.69) is 10.6 Å². The van der Waals surface area contributed by atoms with Crippen molar-refractivity contribution in [3.05, 3.63) is 65.5 Å². The Morgan fingerprint density at radius 2 is 1.88 bits per heavy atom. The minimum Gasteiger partial charge on any atom is -0.376 e. The van der Waals surface area contributed by atoms with Gasteiger partial charge in [0.25, 0.3) is 5.91 Å². The molecule has 0 aromatic heterocycles. The summed E-state index contributed by atoms with van der Waals surface area (Å²) in [4.78, 5) is 25.2. The van der Waals surface area contributed by atoms with Crippen LogP contribution in [0.1, 0.15) is 28.8 Å². The number of hydrogen-bond donors (Lipinski definition) is 2. The Hall–Kier alpha value is -2.82. The lowest BCUT2D eigenvalue weighted by Gasteiger charge is -2.20. The van der Waals surface area contributed by atoms with Crippen molar-refractivity contribution in [3.63, 3.8) is 0 Å². The van der Waals surface area contributed by atoms with Gasteiger partial charge in [0, 0.05) is 25.3 Å². The summed E-state index contributed by atoms with van der Waals surface area (Å²) in [5.74, 6) is -1.58. The maximum Gasteiger partial charge on any atom is 0.253 e. The van der Waals surface area contributed by atoms with Crippen molar-refractivity contribution in [2.75, 3.05) is 31.3 Å². The van der Waals surface area contributed by atoms with Gasteiger partial charge in [-0.2, -0.15) is 4.31 Å². The lowest BCUT2D eigenvalue weighted by molar-refractivity contribution is -0.116. The Balaban J connectivity index is 1.67. The summed E-state index contributed by atoms with van der Waals surface area (Å²) >= 11 is 0. The number of ether oxygens (including phenoxy) is 1. The molecule has 0 spiro atoms. The van der Waals surface area contributed by atoms with E-state index in [0.29, 0.717) is 13.2 Å². The molecule has 2 amide bonds. The number of para-hydroxylation sites is 1. The average molecular weight is 464 g/mol. The summed E-state index contributed by atoms with van der Waals surface area (Å²) in [5.41, 5.74) is 0.653. The molecule has 32 heavy (non-hydrogen) atoms. The van der Waals surface area contributed by atoms with Gasteiger partial charge in [0.1, 0.15) is 5.82 Å². The van der Waals surface area contributed by atoms with Crippen LogP contribution in [-0.2, 0) is 26.1 Å². The van der Waals surface area contributed by atoms with Crippen molar-refractivity contribution in [1.82, 2.24) is 9.62 Å². The highest BCUT2D eigenvalue weighted by molar-refractivity contribution is 7.88. The number of benzene rings is 2. The van der Waals surface area contributed by atoms with Gasteiger partial charge in [-0.3, -0.25) is 9.59 Å². The molecule has 0 radical (unpaired) electrons. The number of hydrogen-bond acceptors (Lipinski definition) is 5. The number of anilines is 1. The lowest BCUT2D eigenvalue weighted by Crippen LogP contribution is -2.37. The molecule has 2 aromatic carbocycles. The zero-order chi connectivity index (χ0) is 23.1. The van der Waals surface area contributed by atoms with E-state index in [1.807, 2.05) is 0 Å². The predicted octanol–water partition coefficient (Wildman–Crippen LogP) is 2.13. The van der Waals surface area contributed by atoms with Crippen LogP contribution in [0.15, 0.2) is 48.5 Å². The molecule has 0 unspecified atom stereocenters. The van der Waals surface area contributed by atoms with Gasteiger partial charge >= 0.3 is 0 Å². The van der Waals surface area contributed by atoms with Crippen molar-refractivity contribution in [2.24, 2.45) is 0 Å². The summed E-state index contributed by atoms with van der Waals surface area (Å²) in [7, 11) is -3.80. The van der Waals surface area contributed by atoms with Crippen molar-refractivity contribution >= 4 is 27.5 Å². The average Bonchev–Trinajstić information content (AvgIpc) is 3.26. The van der Waals surface area contributed by atoms with Crippen molar-refractivity contribution < 1.29 is 27.1 Å². The first-order valence-electron chi connectivity index (χ1n) is 10.2. The molecular weight excluding hydrogens is 437 g/mol. The van der Waals surface area contributed by atoms with Crippen LogP contribution in [0.3, 0.4) is 0 Å². The minimum absolute atomic E-state index is 0.0256. The Labute approximate surface area is 186 Å². The maximum atomic E-state index is 14.0. The fourth-order valence-electron chi connectivity index (χ4n) is 3.35. The molecule has 2 N–H and O–H groups in total. The second-order valence-electron chi connectivity index (χ2n) is 7.56. The highest BCUT2D eigenvalue weighted by Gasteiger charge is 2.23. The molecular formula is C22H26FN3O5S. The van der Waals surface area contributed by atoms with Crippen molar-refractivity contribution in [2.45, 2.75) is 25.5 Å². The molecule has 1 heterocycles. The fourth-order valence-corrected chi connectivity index (χ4v) is 4.08. The van der Waals surface area contributed by atoms with Crippen LogP contribution in [0.25, 0.3) is 0 Å². The quantitative estimate of drug-likeness (QED) is 0.593. The van der Waals surface area contributed by atoms with E-state index in [0.717, 1.165) is 23.4 Å². The van der Waals surface area contributed by atoms with Crippen LogP contribution < -0.4 is 10.6 Å². The van der Waals surface area contributed by atoms with Crippen molar-refractivity contribution in [1.29, 1.82) is 0 Å². The molecule has 0 bridgehead atoms. The minimum atomic E-state index is -3.80. The number of carbonyl (C=O) groups is 2. The van der Waals surface area contributed by atoms with Gasteiger partial charge in [-0.15, -0.1) is 0 Å². The molecule has 1 saturated heterocycles. The van der Waals surface area contributed by atoms with Crippen LogP contribution in [0.5, 0.6) is 0 Å². The lowest BCUT2D eigenvalue weighted by atomic mass is 10.1. The highest BCUT2D eigenvalue weighted by Crippen LogP contribution is 2.17. The highest BCUT2D eigenvalue weighted by atomic mass is 32.2. The molecule has 2 aromatic rings. The standard InChI is InChI=1S/C22H26FN3O5S/c1-32(29,30)26(14-16-7-2-4-10-19(16)23)15-21(27)25-20-11-5-3-9-18(20)22(28)24-13-17-8-6-12-31-17/h2-5,7,9-11,17H,6,8,12-15H2,1H3,(H,24,28)(H,25,27)/t17-/m1/s1. The molecule has 1 atom stereocenters. The van der Waals surface area contributed by atoms with E-state index in [9.17, 15) is 22.4 Å². The molecule has 1 aliphatic heterocycles. The van der Waals surface area contributed by atoms with Crippen LogP contribution in [0, 0.1) is 5.82 Å². The molecule has 0 saturated carbocycles. The number of amides is 2. The third-order valence-corrected chi connectivity index (χ3v) is 6.25. The number of nitrogens with one attached hydrogen (secondary N) is 2. The molecule has 172 valence electrons. The molecule has 0 aliphatic carbocycles. The topological polar surface area (TPSA) is 105 Å². The normalized spacial score (nSPS) is 16.2. The Morgan fingerprint density at radius 1 is 1.16 bits per heavy atom. The zero-order valence-electron chi connectivity index (χ0n) is 17.7. The number of sulfonamides is 1. The number of carbonyl (C=O) groups excluding carboxylic acids is 2. The Morgan fingerprint density at radius 3 is 2.56 bits per heavy atom. The van der Waals surface area contributed by atoms with Gasteiger partial charge in [0.05, 0.1) is 30.2 Å². The first-order chi connectivity index (χ1) is 15.2. The van der Waals surface area contributed by atoms with E-state index >= 15 is 0 Å². The van der Waals surface area contributed by atoms with E-state index in [1.165, 1.54) is 18.2 Å². The molecule has 1 aliphatic rings. The predicted molar refractivity (Wildman–Crippen MR) is 118 cm³/mol. The largest absolute Gasteiger partial charge is 0.376 e. The first kappa shape index (κ1) is 23.8. The Kier molecular flexibility index (Phi) is 7.94. The SMILES string of the molecule is CS(=O)(=O)N(CC(=O)Nc1ccccc1C(=O)NC[C@H]1CCCO1)Cc1ccccc1F. The van der Waals surface area contributed by atoms with Gasteiger partial charge in [-0.1, -0.05) is 30.3 Å². The smallest absolute Gasteiger partial charge is 0.253 e. The van der Waals surface area contributed by atoms with Crippen LogP contribution in [0.4, 0.5) is 10.1 Å². The summed E-state index contributed by atoms with van der Waals surface area (Å²) < 4.78 is 44.7. The van der Waals surface area contributed by atoms with Crippen LogP contribution in [-0.4, -0.2) is 56.6 Å². The molecule has 3 rings (SSSR count). The van der Waals surface area contributed by atoms with Gasteiger partial charge < -0.3 is 15.4 Å². The van der Waals surface area contributed by atoms with Crippen LogP contribution in [0.2, 0.25) is 0 Å². The molecule has 10 heteroatoms. The number of nitrogens with zero attached hydrogens (tertiary/aromatic N) is 1. The van der Waals surface area contributed by atoms with E-state index in [4.69, 9.17) is 4.74 Å². The maximum absolute atomic E-state index is 14.0. The third kappa shape index (κ3) is 6.59. The summed E-state index contributed by atoms with van der Waals surface area (Å²) in [6.45, 7) is 0.226. The second-order valence-corrected chi connectivity index (χ2v) is 9.54. The third-order valence-electron chi connectivity index (χ3n) is 5.05. The summed E-state index contributed by atoms with van der Waals surface area (Å²) in [6.07, 6.45) is 2.76. The van der Waals surface area contributed by atoms with E-state index < -0.39 is 28.3 Å². The van der Waals surface area contributed by atoms with Gasteiger partial charge in [0.15, 0.2) is 0 Å². The monoisotopic (exact) mass is 463 g/mol. The molecule has 1 fully saturated rings. The summed E-state index contributed by atoms with van der Waals surface area (Å²) in [5, 5.41) is 5.39. The van der Waals surface area contributed by atoms with Gasteiger partial charge in [-0.25, -0.2) is 12.8 Å².